The number of carbonyl (C=O) groups is 2. The number of carbonyl (C=O) groups excluding carboxylic acids is 1. The smallest absolute Gasteiger partial charge is 0.329 e. The summed E-state index contributed by atoms with van der Waals surface area (Å²) in [5, 5.41) is 12.3. The number of nitrogens with one attached hydrogen (secondary N) is 1. The molecular formula is C17H19N3O3. The van der Waals surface area contributed by atoms with E-state index in [1.165, 1.54) is 6.20 Å². The van der Waals surface area contributed by atoms with Crippen molar-refractivity contribution < 1.29 is 14.7 Å². The average Bonchev–Trinajstić information content (AvgIpc) is 2.56. The molecule has 1 amide bonds. The van der Waals surface area contributed by atoms with Gasteiger partial charge in [0.2, 0.25) is 0 Å². The predicted octanol–water partition coefficient (Wildman–Crippen LogP) is 2.39. The second kappa shape index (κ2) is 5.95. The van der Waals surface area contributed by atoms with Crippen molar-refractivity contribution in [2.24, 2.45) is 5.92 Å². The van der Waals surface area contributed by atoms with Crippen LogP contribution in [-0.2, 0) is 4.79 Å². The third kappa shape index (κ3) is 3.02. The molecule has 3 rings (SSSR count). The van der Waals surface area contributed by atoms with E-state index in [1.807, 2.05) is 18.2 Å². The lowest BCUT2D eigenvalue weighted by Gasteiger charge is -2.36. The number of nitrogens with zero attached hydrogens (tertiary/aromatic N) is 2. The summed E-state index contributed by atoms with van der Waals surface area (Å²) < 4.78 is 0. The number of carboxylic acid groups (broad SMARTS) is 1. The van der Waals surface area contributed by atoms with Crippen molar-refractivity contribution in [2.45, 2.75) is 38.1 Å². The number of benzene rings is 1. The predicted molar refractivity (Wildman–Crippen MR) is 85.0 cm³/mol. The maximum Gasteiger partial charge on any atom is 0.329 e. The average molecular weight is 313 g/mol. The van der Waals surface area contributed by atoms with Gasteiger partial charge in [0.05, 0.1) is 17.2 Å². The highest BCUT2D eigenvalue weighted by atomic mass is 16.4. The van der Waals surface area contributed by atoms with Crippen LogP contribution in [-0.4, -0.2) is 32.5 Å². The Balaban J connectivity index is 1.84. The second-order valence-corrected chi connectivity index (χ2v) is 6.27. The molecule has 1 saturated carbocycles. The number of rotatable bonds is 3. The van der Waals surface area contributed by atoms with Crippen LogP contribution < -0.4 is 5.32 Å². The minimum Gasteiger partial charge on any atom is -0.480 e. The lowest BCUT2D eigenvalue weighted by Crippen LogP contribution is -2.56. The molecule has 0 bridgehead atoms. The van der Waals surface area contributed by atoms with Crippen LogP contribution in [0.25, 0.3) is 11.0 Å². The summed E-state index contributed by atoms with van der Waals surface area (Å²) in [5.74, 6) is -0.980. The maximum atomic E-state index is 12.5. The maximum absolute atomic E-state index is 12.5. The van der Waals surface area contributed by atoms with E-state index in [0.717, 1.165) is 12.8 Å². The van der Waals surface area contributed by atoms with Gasteiger partial charge in [-0.3, -0.25) is 9.78 Å². The van der Waals surface area contributed by atoms with Gasteiger partial charge in [-0.1, -0.05) is 19.1 Å². The number of amides is 1. The van der Waals surface area contributed by atoms with Crippen molar-refractivity contribution in [3.05, 3.63) is 36.2 Å². The number of hydrogen-bond donors (Lipinski definition) is 2. The van der Waals surface area contributed by atoms with Crippen molar-refractivity contribution in [1.29, 1.82) is 0 Å². The Labute approximate surface area is 133 Å². The zero-order valence-corrected chi connectivity index (χ0v) is 13.0. The van der Waals surface area contributed by atoms with Crippen LogP contribution in [0.15, 0.2) is 30.5 Å². The van der Waals surface area contributed by atoms with Gasteiger partial charge >= 0.3 is 5.97 Å². The molecule has 0 radical (unpaired) electrons. The van der Waals surface area contributed by atoms with E-state index in [2.05, 4.69) is 22.2 Å². The standard InChI is InChI=1S/C17H19N3O3/c1-11-6-8-17(9-7-11,16(22)23)20-15(21)14-10-18-12-4-2-3-5-13(12)19-14/h2-5,10-11H,6-9H2,1H3,(H,20,21)(H,22,23). The quantitative estimate of drug-likeness (QED) is 0.907. The summed E-state index contributed by atoms with van der Waals surface area (Å²) in [7, 11) is 0. The first-order chi connectivity index (χ1) is 11.0. The summed E-state index contributed by atoms with van der Waals surface area (Å²) in [5.41, 5.74) is 0.255. The molecule has 6 nitrogen and oxygen atoms in total. The molecule has 1 aromatic heterocycles. The minimum atomic E-state index is -1.20. The number of aliphatic carboxylic acids is 1. The van der Waals surface area contributed by atoms with E-state index >= 15 is 0 Å². The van der Waals surface area contributed by atoms with E-state index in [9.17, 15) is 14.7 Å². The normalized spacial score (nSPS) is 24.3. The molecule has 120 valence electrons. The van der Waals surface area contributed by atoms with Gasteiger partial charge in [0.25, 0.3) is 5.91 Å². The highest BCUT2D eigenvalue weighted by Gasteiger charge is 2.42. The molecule has 6 heteroatoms. The van der Waals surface area contributed by atoms with Crippen molar-refractivity contribution >= 4 is 22.9 Å². The van der Waals surface area contributed by atoms with Crippen LogP contribution in [0, 0.1) is 5.92 Å². The molecule has 2 N–H and O–H groups in total. The Kier molecular flexibility index (Phi) is 3.98. The highest BCUT2D eigenvalue weighted by molar-refractivity contribution is 5.97. The minimum absolute atomic E-state index is 0.142. The summed E-state index contributed by atoms with van der Waals surface area (Å²) in [6.45, 7) is 2.10. The molecular weight excluding hydrogens is 294 g/mol. The first kappa shape index (κ1) is 15.4. The molecule has 0 aliphatic heterocycles. The summed E-state index contributed by atoms with van der Waals surface area (Å²) >= 11 is 0. The third-order valence-electron chi connectivity index (χ3n) is 4.57. The Morgan fingerprint density at radius 3 is 2.52 bits per heavy atom. The number of hydrogen-bond acceptors (Lipinski definition) is 4. The van der Waals surface area contributed by atoms with E-state index in [1.54, 1.807) is 6.07 Å². The largest absolute Gasteiger partial charge is 0.480 e. The molecule has 1 aromatic carbocycles. The van der Waals surface area contributed by atoms with E-state index < -0.39 is 17.4 Å². The third-order valence-corrected chi connectivity index (χ3v) is 4.57. The first-order valence-corrected chi connectivity index (χ1v) is 7.78. The molecule has 2 aromatic rings. The lowest BCUT2D eigenvalue weighted by atomic mass is 9.77. The Morgan fingerprint density at radius 1 is 1.22 bits per heavy atom. The van der Waals surface area contributed by atoms with Gasteiger partial charge in [-0.15, -0.1) is 0 Å². The Bertz CT molecular complexity index is 752. The molecule has 1 aliphatic carbocycles. The van der Waals surface area contributed by atoms with Crippen LogP contribution in [0.2, 0.25) is 0 Å². The monoisotopic (exact) mass is 313 g/mol. The number of para-hydroxylation sites is 2. The Hall–Kier alpha value is -2.50. The molecule has 1 fully saturated rings. The van der Waals surface area contributed by atoms with Crippen molar-refractivity contribution in [3.63, 3.8) is 0 Å². The molecule has 0 atom stereocenters. The second-order valence-electron chi connectivity index (χ2n) is 6.27. The van der Waals surface area contributed by atoms with Gasteiger partial charge in [0.1, 0.15) is 11.2 Å². The van der Waals surface area contributed by atoms with Gasteiger partial charge in [0.15, 0.2) is 0 Å². The Morgan fingerprint density at radius 2 is 1.87 bits per heavy atom. The molecule has 1 heterocycles. The summed E-state index contributed by atoms with van der Waals surface area (Å²) in [4.78, 5) is 32.7. The molecule has 0 saturated heterocycles. The van der Waals surface area contributed by atoms with Gasteiger partial charge in [-0.05, 0) is 43.7 Å². The van der Waals surface area contributed by atoms with Crippen molar-refractivity contribution in [1.82, 2.24) is 15.3 Å². The molecule has 1 aliphatic rings. The van der Waals surface area contributed by atoms with Crippen LogP contribution in [0.3, 0.4) is 0 Å². The molecule has 0 spiro atoms. The van der Waals surface area contributed by atoms with Crippen molar-refractivity contribution in [3.8, 4) is 0 Å². The number of fused-ring (bicyclic) bond motifs is 1. The molecule has 23 heavy (non-hydrogen) atoms. The summed E-state index contributed by atoms with van der Waals surface area (Å²) in [6, 6.07) is 7.25. The molecule has 0 unspecified atom stereocenters. The van der Waals surface area contributed by atoms with Gasteiger partial charge < -0.3 is 10.4 Å². The topological polar surface area (TPSA) is 92.2 Å². The highest BCUT2D eigenvalue weighted by Crippen LogP contribution is 2.32. The van der Waals surface area contributed by atoms with Crippen LogP contribution in [0.1, 0.15) is 43.1 Å². The fraction of sp³-hybridized carbons (Fsp3) is 0.412. The zero-order chi connectivity index (χ0) is 16.4. The van der Waals surface area contributed by atoms with Crippen molar-refractivity contribution in [2.75, 3.05) is 0 Å². The number of aromatic nitrogens is 2. The number of carboxylic acids is 1. The van der Waals surface area contributed by atoms with Crippen LogP contribution in [0.4, 0.5) is 0 Å². The zero-order valence-electron chi connectivity index (χ0n) is 13.0. The van der Waals surface area contributed by atoms with Crippen LogP contribution >= 0.6 is 0 Å². The van der Waals surface area contributed by atoms with E-state index in [0.29, 0.717) is 29.8 Å². The first-order valence-electron chi connectivity index (χ1n) is 7.78. The van der Waals surface area contributed by atoms with Crippen LogP contribution in [0.5, 0.6) is 0 Å². The van der Waals surface area contributed by atoms with E-state index in [-0.39, 0.29) is 5.69 Å². The fourth-order valence-corrected chi connectivity index (χ4v) is 3.00. The SMILES string of the molecule is CC1CCC(NC(=O)c2cnc3ccccc3n2)(C(=O)O)CC1. The lowest BCUT2D eigenvalue weighted by molar-refractivity contribution is -0.146. The fourth-order valence-electron chi connectivity index (χ4n) is 3.00. The van der Waals surface area contributed by atoms with Gasteiger partial charge in [0, 0.05) is 0 Å². The van der Waals surface area contributed by atoms with Gasteiger partial charge in [-0.25, -0.2) is 9.78 Å². The van der Waals surface area contributed by atoms with E-state index in [4.69, 9.17) is 0 Å². The van der Waals surface area contributed by atoms with Gasteiger partial charge in [-0.2, -0.15) is 0 Å². The summed E-state index contributed by atoms with van der Waals surface area (Å²) in [6.07, 6.45) is 3.84.